The Morgan fingerprint density at radius 3 is 2.09 bits per heavy atom. The molecule has 2 rings (SSSR count). The van der Waals surface area contributed by atoms with Crippen LogP contribution >= 0.6 is 0 Å². The molecule has 0 saturated heterocycles. The van der Waals surface area contributed by atoms with Crippen molar-refractivity contribution in [2.75, 3.05) is 23.7 Å². The van der Waals surface area contributed by atoms with Crippen LogP contribution in [0.2, 0.25) is 0 Å². The highest BCUT2D eigenvalue weighted by Gasteiger charge is 2.31. The van der Waals surface area contributed by atoms with Crippen LogP contribution in [0, 0.1) is 13.8 Å². The van der Waals surface area contributed by atoms with Gasteiger partial charge >= 0.3 is 0 Å². The molecule has 0 fully saturated rings. The summed E-state index contributed by atoms with van der Waals surface area (Å²) in [5.41, 5.74) is 3.29. The molecule has 0 bridgehead atoms. The maximum Gasteiger partial charge on any atom is 0.244 e. The van der Waals surface area contributed by atoms with E-state index in [0.717, 1.165) is 33.7 Å². The average molecular weight is 502 g/mol. The highest BCUT2D eigenvalue weighted by atomic mass is 32.2. The van der Waals surface area contributed by atoms with Gasteiger partial charge in [-0.05, 0) is 68.9 Å². The van der Waals surface area contributed by atoms with Crippen molar-refractivity contribution in [3.8, 4) is 0 Å². The zero-order valence-electron chi connectivity index (χ0n) is 21.7. The van der Waals surface area contributed by atoms with Crippen LogP contribution in [0.3, 0.4) is 0 Å². The fourth-order valence-electron chi connectivity index (χ4n) is 4.05. The standard InChI is InChI=1S/C27H39N3O4S/c1-7-22(5)28-27(32)25(8-2)29(15-14-23-12-10-9-11-13-23)26(31)19-30(35(6,33)34)24-17-20(3)16-21(4)18-24/h9-13,16-18,22,25H,7-8,14-15,19H2,1-6H3,(H,28,32)/t22-,25+/m0/s1. The minimum absolute atomic E-state index is 0.0228. The third-order valence-corrected chi connectivity index (χ3v) is 7.19. The van der Waals surface area contributed by atoms with Crippen molar-refractivity contribution in [3.05, 3.63) is 65.2 Å². The van der Waals surface area contributed by atoms with Crippen LogP contribution in [0.25, 0.3) is 0 Å². The number of rotatable bonds is 12. The molecule has 0 aliphatic heterocycles. The van der Waals surface area contributed by atoms with Gasteiger partial charge < -0.3 is 10.2 Å². The van der Waals surface area contributed by atoms with Crippen molar-refractivity contribution in [1.82, 2.24) is 10.2 Å². The molecule has 0 spiro atoms. The summed E-state index contributed by atoms with van der Waals surface area (Å²) in [5, 5.41) is 2.98. The number of carbonyl (C=O) groups excluding carboxylic acids is 2. The van der Waals surface area contributed by atoms with E-state index in [-0.39, 0.29) is 18.5 Å². The lowest BCUT2D eigenvalue weighted by molar-refractivity contribution is -0.139. The first-order chi connectivity index (χ1) is 16.5. The second-order valence-corrected chi connectivity index (χ2v) is 11.1. The third kappa shape index (κ3) is 8.38. The first-order valence-corrected chi connectivity index (χ1v) is 14.0. The van der Waals surface area contributed by atoms with Crippen LogP contribution in [0.1, 0.15) is 50.3 Å². The fraction of sp³-hybridized carbons (Fsp3) is 0.481. The van der Waals surface area contributed by atoms with Crippen LogP contribution in [-0.2, 0) is 26.0 Å². The summed E-state index contributed by atoms with van der Waals surface area (Å²) in [6.07, 6.45) is 2.85. The second kappa shape index (κ2) is 12.7. The van der Waals surface area contributed by atoms with E-state index in [4.69, 9.17) is 0 Å². The minimum Gasteiger partial charge on any atom is -0.352 e. The summed E-state index contributed by atoms with van der Waals surface area (Å²) >= 11 is 0. The lowest BCUT2D eigenvalue weighted by Crippen LogP contribution is -2.54. The molecule has 35 heavy (non-hydrogen) atoms. The van der Waals surface area contributed by atoms with Crippen molar-refractivity contribution in [2.24, 2.45) is 0 Å². The molecular formula is C27H39N3O4S. The first kappa shape index (κ1) is 28.4. The SMILES string of the molecule is CC[C@H](C(=O)N[C@@H](C)CC)N(CCc1ccccc1)C(=O)CN(c1cc(C)cc(C)c1)S(C)(=O)=O. The summed E-state index contributed by atoms with van der Waals surface area (Å²) in [7, 11) is -3.74. The van der Waals surface area contributed by atoms with Crippen LogP contribution in [0.5, 0.6) is 0 Å². The van der Waals surface area contributed by atoms with Gasteiger partial charge in [0, 0.05) is 12.6 Å². The van der Waals surface area contributed by atoms with E-state index < -0.39 is 22.0 Å². The molecule has 2 atom stereocenters. The molecule has 2 aromatic carbocycles. The number of hydrogen-bond acceptors (Lipinski definition) is 4. The van der Waals surface area contributed by atoms with Gasteiger partial charge in [-0.3, -0.25) is 13.9 Å². The van der Waals surface area contributed by atoms with Gasteiger partial charge in [-0.25, -0.2) is 8.42 Å². The van der Waals surface area contributed by atoms with Crippen molar-refractivity contribution < 1.29 is 18.0 Å². The summed E-state index contributed by atoms with van der Waals surface area (Å²) in [4.78, 5) is 28.3. The van der Waals surface area contributed by atoms with E-state index in [0.29, 0.717) is 25.1 Å². The lowest BCUT2D eigenvalue weighted by Gasteiger charge is -2.33. The molecule has 0 heterocycles. The summed E-state index contributed by atoms with van der Waals surface area (Å²) < 4.78 is 26.6. The molecule has 0 aliphatic carbocycles. The van der Waals surface area contributed by atoms with Crippen molar-refractivity contribution in [1.29, 1.82) is 0 Å². The topological polar surface area (TPSA) is 86.8 Å². The maximum atomic E-state index is 13.7. The number of nitrogens with one attached hydrogen (secondary N) is 1. The Morgan fingerprint density at radius 1 is 0.971 bits per heavy atom. The van der Waals surface area contributed by atoms with Crippen LogP contribution in [0.4, 0.5) is 5.69 Å². The van der Waals surface area contributed by atoms with Gasteiger partial charge in [0.2, 0.25) is 21.8 Å². The largest absolute Gasteiger partial charge is 0.352 e. The molecule has 2 aromatic rings. The Hall–Kier alpha value is -2.87. The Labute approximate surface area is 210 Å². The predicted octanol–water partition coefficient (Wildman–Crippen LogP) is 3.83. The summed E-state index contributed by atoms with van der Waals surface area (Å²) in [6, 6.07) is 14.5. The Kier molecular flexibility index (Phi) is 10.3. The first-order valence-electron chi connectivity index (χ1n) is 12.2. The number of aryl methyl sites for hydroxylation is 2. The van der Waals surface area contributed by atoms with E-state index in [9.17, 15) is 18.0 Å². The van der Waals surface area contributed by atoms with Gasteiger partial charge in [-0.1, -0.05) is 50.2 Å². The smallest absolute Gasteiger partial charge is 0.244 e. The predicted molar refractivity (Wildman–Crippen MR) is 142 cm³/mol. The molecule has 2 amide bonds. The Morgan fingerprint density at radius 2 is 1.57 bits per heavy atom. The maximum absolute atomic E-state index is 13.7. The molecule has 0 saturated carbocycles. The molecule has 0 aromatic heterocycles. The molecule has 7 nitrogen and oxygen atoms in total. The van der Waals surface area contributed by atoms with Crippen molar-refractivity contribution in [3.63, 3.8) is 0 Å². The van der Waals surface area contributed by atoms with Gasteiger partial charge in [0.15, 0.2) is 0 Å². The van der Waals surface area contributed by atoms with Crippen LogP contribution < -0.4 is 9.62 Å². The van der Waals surface area contributed by atoms with E-state index in [2.05, 4.69) is 5.32 Å². The monoisotopic (exact) mass is 501 g/mol. The highest BCUT2D eigenvalue weighted by Crippen LogP contribution is 2.22. The van der Waals surface area contributed by atoms with Gasteiger partial charge in [-0.2, -0.15) is 0 Å². The zero-order valence-corrected chi connectivity index (χ0v) is 22.6. The van der Waals surface area contributed by atoms with Crippen LogP contribution in [-0.4, -0.2) is 56.6 Å². The van der Waals surface area contributed by atoms with E-state index in [1.165, 1.54) is 4.90 Å². The van der Waals surface area contributed by atoms with Gasteiger partial charge in [0.25, 0.3) is 0 Å². The molecule has 0 unspecified atom stereocenters. The Bertz CT molecular complexity index is 1080. The van der Waals surface area contributed by atoms with Crippen LogP contribution in [0.15, 0.2) is 48.5 Å². The van der Waals surface area contributed by atoms with Crippen molar-refractivity contribution in [2.45, 2.75) is 66.0 Å². The Balaban J connectivity index is 2.39. The van der Waals surface area contributed by atoms with E-state index in [1.54, 1.807) is 12.1 Å². The van der Waals surface area contributed by atoms with E-state index >= 15 is 0 Å². The van der Waals surface area contributed by atoms with Gasteiger partial charge in [0.1, 0.15) is 12.6 Å². The van der Waals surface area contributed by atoms with Gasteiger partial charge in [0.05, 0.1) is 11.9 Å². The zero-order chi connectivity index (χ0) is 26.2. The molecule has 0 radical (unpaired) electrons. The van der Waals surface area contributed by atoms with Crippen molar-refractivity contribution >= 4 is 27.5 Å². The van der Waals surface area contributed by atoms with Gasteiger partial charge in [-0.15, -0.1) is 0 Å². The molecule has 192 valence electrons. The third-order valence-electron chi connectivity index (χ3n) is 6.04. The number of benzene rings is 2. The number of carbonyl (C=O) groups is 2. The summed E-state index contributed by atoms with van der Waals surface area (Å²) in [6.45, 7) is 9.48. The minimum atomic E-state index is -3.74. The molecule has 0 aliphatic rings. The highest BCUT2D eigenvalue weighted by molar-refractivity contribution is 7.92. The normalized spacial score (nSPS) is 13.1. The molecule has 8 heteroatoms. The number of hydrogen-bond donors (Lipinski definition) is 1. The second-order valence-electron chi connectivity index (χ2n) is 9.18. The van der Waals surface area contributed by atoms with E-state index in [1.807, 2.05) is 71.0 Å². The molecule has 1 N–H and O–H groups in total. The molecular weight excluding hydrogens is 462 g/mol. The number of sulfonamides is 1. The lowest BCUT2D eigenvalue weighted by atomic mass is 10.1. The number of anilines is 1. The number of nitrogens with zero attached hydrogens (tertiary/aromatic N) is 2. The summed E-state index contributed by atoms with van der Waals surface area (Å²) in [5.74, 6) is -0.628. The average Bonchev–Trinajstić information content (AvgIpc) is 2.78. The fourth-order valence-corrected chi connectivity index (χ4v) is 4.88. The quantitative estimate of drug-likeness (QED) is 0.479. The number of amides is 2.